The molecule has 0 amide bonds. The normalized spacial score (nSPS) is 20.2. The molecular weight excluding hydrogens is 410 g/mol. The van der Waals surface area contributed by atoms with Gasteiger partial charge in [-0.2, -0.15) is 14.0 Å². The van der Waals surface area contributed by atoms with Crippen LogP contribution in [0.3, 0.4) is 0 Å². The third-order valence-electron chi connectivity index (χ3n) is 3.41. The van der Waals surface area contributed by atoms with Crippen molar-refractivity contribution in [3.8, 4) is 17.6 Å². The molecule has 1 aliphatic rings. The van der Waals surface area contributed by atoms with E-state index < -0.39 is 31.7 Å². The van der Waals surface area contributed by atoms with Crippen molar-refractivity contribution in [1.29, 1.82) is 5.26 Å². The highest BCUT2D eigenvalue weighted by Crippen LogP contribution is 2.53. The Labute approximate surface area is 143 Å². The molecule has 0 spiro atoms. The second-order valence-corrected chi connectivity index (χ2v) is 7.66. The van der Waals surface area contributed by atoms with Crippen LogP contribution in [0.5, 0.6) is 11.5 Å². The van der Waals surface area contributed by atoms with Gasteiger partial charge in [0.15, 0.2) is 6.10 Å². The Morgan fingerprint density at radius 3 is 2.75 bits per heavy atom. The van der Waals surface area contributed by atoms with Crippen LogP contribution < -0.4 is 4.74 Å². The number of hydrogen-bond acceptors (Lipinski definition) is 6. The summed E-state index contributed by atoms with van der Waals surface area (Å²) in [6.07, 6.45) is 0.0861. The molecule has 6 nitrogen and oxygen atoms in total. The molecule has 24 heavy (non-hydrogen) atoms. The monoisotopic (exact) mass is 416 g/mol. The molecule has 1 atom stereocenters. The smallest absolute Gasteiger partial charge is 0.379 e. The van der Waals surface area contributed by atoms with Crippen LogP contribution in [0.25, 0.3) is 0 Å². The van der Waals surface area contributed by atoms with Gasteiger partial charge in [0.1, 0.15) is 17.6 Å². The third-order valence-corrected chi connectivity index (χ3v) is 6.11. The zero-order valence-corrected chi connectivity index (χ0v) is 14.0. The zero-order valence-electron chi connectivity index (χ0n) is 11.6. The van der Waals surface area contributed by atoms with Crippen LogP contribution in [-0.4, -0.2) is 23.8 Å². The summed E-state index contributed by atoms with van der Waals surface area (Å²) in [5, 5.41) is 14.2. The molecule has 1 aliphatic heterocycles. The van der Waals surface area contributed by atoms with Gasteiger partial charge in [-0.3, -0.25) is 4.98 Å². The highest BCUT2D eigenvalue weighted by Gasteiger charge is 2.61. The van der Waals surface area contributed by atoms with Gasteiger partial charge in [0.05, 0.1) is 21.1 Å². The first-order chi connectivity index (χ1) is 11.2. The van der Waals surface area contributed by atoms with Gasteiger partial charge in [0.25, 0.3) is 0 Å². The number of fused-ring (bicyclic) bond motifs is 1. The SMILES string of the molecule is N#Cc1cncc(Oc2ccc3c(c2Br)[C@@H](O)C(F)(F)S3(=O)=O)c1. The number of halogens is 3. The number of pyridine rings is 1. The Hall–Kier alpha value is -2.09. The van der Waals surface area contributed by atoms with E-state index in [4.69, 9.17) is 10.00 Å². The fraction of sp³-hybridized carbons (Fsp3) is 0.143. The number of hydrogen-bond donors (Lipinski definition) is 1. The maximum atomic E-state index is 13.8. The van der Waals surface area contributed by atoms with Gasteiger partial charge in [0.2, 0.25) is 9.84 Å². The maximum Gasteiger partial charge on any atom is 0.379 e. The summed E-state index contributed by atoms with van der Waals surface area (Å²) in [6, 6.07) is 5.35. The summed E-state index contributed by atoms with van der Waals surface area (Å²) >= 11 is 3.00. The Bertz CT molecular complexity index is 989. The quantitative estimate of drug-likeness (QED) is 0.807. The van der Waals surface area contributed by atoms with E-state index in [1.165, 1.54) is 24.5 Å². The second-order valence-electron chi connectivity index (χ2n) is 4.88. The van der Waals surface area contributed by atoms with Gasteiger partial charge in [-0.15, -0.1) is 0 Å². The Morgan fingerprint density at radius 2 is 2.08 bits per heavy atom. The molecule has 0 unspecified atom stereocenters. The number of nitriles is 1. The summed E-state index contributed by atoms with van der Waals surface area (Å²) in [5.74, 6) is 0.148. The highest BCUT2D eigenvalue weighted by atomic mass is 79.9. The topological polar surface area (TPSA) is 100 Å². The lowest BCUT2D eigenvalue weighted by Gasteiger charge is -2.14. The highest BCUT2D eigenvalue weighted by molar-refractivity contribution is 9.10. The first kappa shape index (κ1) is 16.8. The van der Waals surface area contributed by atoms with Crippen molar-refractivity contribution >= 4 is 25.8 Å². The van der Waals surface area contributed by atoms with E-state index in [1.54, 1.807) is 0 Å². The Kier molecular flexibility index (Phi) is 3.82. The average Bonchev–Trinajstić information content (AvgIpc) is 2.68. The van der Waals surface area contributed by atoms with E-state index in [9.17, 15) is 22.3 Å². The number of ether oxygens (including phenoxy) is 1. The molecule has 0 bridgehead atoms. The molecule has 2 aromatic rings. The molecule has 0 saturated heterocycles. The van der Waals surface area contributed by atoms with E-state index in [1.807, 2.05) is 6.07 Å². The van der Waals surface area contributed by atoms with Crippen LogP contribution in [0.4, 0.5) is 8.78 Å². The lowest BCUT2D eigenvalue weighted by Crippen LogP contribution is -2.28. The number of rotatable bonds is 2. The van der Waals surface area contributed by atoms with Crippen LogP contribution >= 0.6 is 15.9 Å². The summed E-state index contributed by atoms with van der Waals surface area (Å²) in [7, 11) is -4.98. The summed E-state index contributed by atoms with van der Waals surface area (Å²) in [4.78, 5) is 3.12. The van der Waals surface area contributed by atoms with Crippen LogP contribution in [0, 0.1) is 11.3 Å². The van der Waals surface area contributed by atoms with Gasteiger partial charge in [-0.1, -0.05) is 0 Å². The lowest BCUT2D eigenvalue weighted by atomic mass is 10.1. The summed E-state index contributed by atoms with van der Waals surface area (Å²) in [6.45, 7) is 0. The van der Waals surface area contributed by atoms with E-state index in [-0.39, 0.29) is 21.5 Å². The van der Waals surface area contributed by atoms with Gasteiger partial charge in [-0.05, 0) is 28.1 Å². The molecular formula is C14H7BrF2N2O4S. The largest absolute Gasteiger partial charge is 0.455 e. The van der Waals surface area contributed by atoms with Crippen LogP contribution in [0.2, 0.25) is 0 Å². The van der Waals surface area contributed by atoms with Gasteiger partial charge >= 0.3 is 5.25 Å². The van der Waals surface area contributed by atoms with Crippen molar-refractivity contribution < 1.29 is 27.0 Å². The second kappa shape index (κ2) is 5.47. The van der Waals surface area contributed by atoms with Gasteiger partial charge < -0.3 is 9.84 Å². The molecule has 1 N–H and O–H groups in total. The molecule has 0 saturated carbocycles. The fourth-order valence-corrected chi connectivity index (χ4v) is 4.48. The molecule has 0 fully saturated rings. The van der Waals surface area contributed by atoms with Crippen molar-refractivity contribution in [3.63, 3.8) is 0 Å². The molecule has 10 heteroatoms. The zero-order chi connectivity index (χ0) is 17.7. The van der Waals surface area contributed by atoms with E-state index in [0.717, 1.165) is 6.07 Å². The number of aliphatic hydroxyl groups is 1. The minimum absolute atomic E-state index is 0.00223. The number of nitrogens with zero attached hydrogens (tertiary/aromatic N) is 2. The van der Waals surface area contributed by atoms with E-state index >= 15 is 0 Å². The number of aromatic nitrogens is 1. The number of alkyl halides is 2. The van der Waals surface area contributed by atoms with E-state index in [0.29, 0.717) is 0 Å². The minimum Gasteiger partial charge on any atom is -0.455 e. The predicted octanol–water partition coefficient (Wildman–Crippen LogP) is 2.92. The lowest BCUT2D eigenvalue weighted by molar-refractivity contribution is -0.0379. The number of sulfone groups is 1. The van der Waals surface area contributed by atoms with Crippen LogP contribution in [0.1, 0.15) is 17.2 Å². The van der Waals surface area contributed by atoms with Crippen molar-refractivity contribution in [2.24, 2.45) is 0 Å². The molecule has 1 aromatic heterocycles. The standard InChI is InChI=1S/C14H7BrF2N2O4S/c15-12-9(23-8-3-7(4-18)5-19-6-8)1-2-10-11(12)13(20)14(16,17)24(10,21)22/h1-3,5-6,13,20H/t13-/m1/s1. The van der Waals surface area contributed by atoms with Crippen LogP contribution in [-0.2, 0) is 9.84 Å². The molecule has 124 valence electrons. The summed E-state index contributed by atoms with van der Waals surface area (Å²) in [5.41, 5.74) is -0.249. The van der Waals surface area contributed by atoms with Gasteiger partial charge in [0, 0.05) is 17.8 Å². The van der Waals surface area contributed by atoms with Crippen molar-refractivity contribution in [1.82, 2.24) is 4.98 Å². The van der Waals surface area contributed by atoms with Gasteiger partial charge in [-0.25, -0.2) is 8.42 Å². The number of benzene rings is 1. The average molecular weight is 417 g/mol. The minimum atomic E-state index is -4.98. The maximum absolute atomic E-state index is 13.8. The van der Waals surface area contributed by atoms with Crippen molar-refractivity contribution in [2.45, 2.75) is 16.3 Å². The Balaban J connectivity index is 2.09. The first-order valence-corrected chi connectivity index (χ1v) is 8.63. The molecule has 0 radical (unpaired) electrons. The molecule has 1 aromatic carbocycles. The summed E-state index contributed by atoms with van der Waals surface area (Å²) < 4.78 is 56.5. The van der Waals surface area contributed by atoms with Crippen LogP contribution in [0.15, 0.2) is 40.0 Å². The first-order valence-electron chi connectivity index (χ1n) is 6.36. The molecule has 3 rings (SSSR count). The fourth-order valence-electron chi connectivity index (χ4n) is 2.25. The Morgan fingerprint density at radius 1 is 1.38 bits per heavy atom. The van der Waals surface area contributed by atoms with Crippen molar-refractivity contribution in [3.05, 3.63) is 46.2 Å². The number of aliphatic hydroxyl groups excluding tert-OH is 1. The van der Waals surface area contributed by atoms with E-state index in [2.05, 4.69) is 20.9 Å². The predicted molar refractivity (Wildman–Crippen MR) is 80.3 cm³/mol. The third kappa shape index (κ3) is 2.28. The molecule has 0 aliphatic carbocycles. The molecule has 2 heterocycles. The van der Waals surface area contributed by atoms with Crippen molar-refractivity contribution in [2.75, 3.05) is 0 Å².